The zero-order chi connectivity index (χ0) is 33.5. The van der Waals surface area contributed by atoms with E-state index in [-0.39, 0.29) is 48.0 Å². The van der Waals surface area contributed by atoms with Crippen molar-refractivity contribution in [2.45, 2.75) is 30.1 Å². The van der Waals surface area contributed by atoms with Crippen LogP contribution in [0.3, 0.4) is 0 Å². The number of halogens is 4. The highest BCUT2D eigenvalue weighted by molar-refractivity contribution is 7.89. The van der Waals surface area contributed by atoms with Gasteiger partial charge in [-0.1, -0.05) is 17.7 Å². The SMILES string of the molecule is COc1ccc(CN2CCC3CN(C)CC32)cc1C(=O)Nc1ccc(S(=O)(=O)N2CCN(c3cc(C(F)(F)F)cc(Cl)n3)CC2)cc1. The predicted molar refractivity (Wildman–Crippen MR) is 172 cm³/mol. The van der Waals surface area contributed by atoms with Crippen molar-refractivity contribution in [1.82, 2.24) is 19.1 Å². The van der Waals surface area contributed by atoms with Gasteiger partial charge in [-0.25, -0.2) is 13.4 Å². The minimum atomic E-state index is -4.58. The Bertz CT molecular complexity index is 1740. The highest BCUT2D eigenvalue weighted by Crippen LogP contribution is 2.34. The molecule has 3 fully saturated rings. The molecular formula is C32H36ClF3N6O4S. The first-order valence-electron chi connectivity index (χ1n) is 15.3. The predicted octanol–water partition coefficient (Wildman–Crippen LogP) is 4.66. The molecule has 1 aromatic heterocycles. The van der Waals surface area contributed by atoms with E-state index in [1.54, 1.807) is 11.0 Å². The van der Waals surface area contributed by atoms with Gasteiger partial charge in [-0.3, -0.25) is 9.69 Å². The van der Waals surface area contributed by atoms with Crippen molar-refractivity contribution in [3.05, 3.63) is 76.4 Å². The molecule has 0 aliphatic carbocycles. The molecule has 47 heavy (non-hydrogen) atoms. The molecule has 3 aromatic rings. The second-order valence-corrected chi connectivity index (χ2v) is 14.6. The number of nitrogens with one attached hydrogen (secondary N) is 1. The molecule has 6 rings (SSSR count). The van der Waals surface area contributed by atoms with Gasteiger partial charge < -0.3 is 19.9 Å². The number of pyridine rings is 1. The van der Waals surface area contributed by atoms with Crippen molar-refractivity contribution < 1.29 is 31.1 Å². The van der Waals surface area contributed by atoms with Gasteiger partial charge >= 0.3 is 6.18 Å². The zero-order valence-corrected chi connectivity index (χ0v) is 27.6. The lowest BCUT2D eigenvalue weighted by Gasteiger charge is -2.35. The number of rotatable bonds is 8. The molecule has 1 amide bonds. The number of carbonyl (C=O) groups is 1. The number of alkyl halides is 3. The third kappa shape index (κ3) is 7.21. The van der Waals surface area contributed by atoms with Crippen LogP contribution in [0.5, 0.6) is 5.75 Å². The Morgan fingerprint density at radius 2 is 1.74 bits per heavy atom. The summed E-state index contributed by atoms with van der Waals surface area (Å²) in [4.78, 5) is 23.8. The first kappa shape index (κ1) is 33.5. The Morgan fingerprint density at radius 3 is 2.43 bits per heavy atom. The van der Waals surface area contributed by atoms with Crippen LogP contribution in [0.1, 0.15) is 27.9 Å². The first-order chi connectivity index (χ1) is 22.3. The fourth-order valence-electron chi connectivity index (χ4n) is 6.75. The van der Waals surface area contributed by atoms with Gasteiger partial charge in [-0.15, -0.1) is 0 Å². The van der Waals surface area contributed by atoms with Gasteiger partial charge in [0.15, 0.2) is 0 Å². The molecule has 3 aliphatic rings. The monoisotopic (exact) mass is 692 g/mol. The molecular weight excluding hydrogens is 657 g/mol. The van der Waals surface area contributed by atoms with Gasteiger partial charge in [0.2, 0.25) is 10.0 Å². The van der Waals surface area contributed by atoms with Gasteiger partial charge in [-0.2, -0.15) is 17.5 Å². The van der Waals surface area contributed by atoms with Crippen LogP contribution in [0.25, 0.3) is 0 Å². The van der Waals surface area contributed by atoms with Gasteiger partial charge in [-0.05, 0) is 80.0 Å². The van der Waals surface area contributed by atoms with E-state index >= 15 is 0 Å². The number of likely N-dealkylation sites (tertiary alicyclic amines) is 2. The van der Waals surface area contributed by atoms with E-state index in [4.69, 9.17) is 16.3 Å². The highest BCUT2D eigenvalue weighted by Gasteiger charge is 2.40. The summed E-state index contributed by atoms with van der Waals surface area (Å²) in [6.45, 7) is 4.29. The number of fused-ring (bicyclic) bond motifs is 1. The highest BCUT2D eigenvalue weighted by atomic mass is 35.5. The number of likely N-dealkylation sites (N-methyl/N-ethyl adjacent to an activating group) is 1. The Balaban J connectivity index is 1.09. The first-order valence-corrected chi connectivity index (χ1v) is 17.1. The number of carbonyl (C=O) groups excluding carboxylic acids is 1. The molecule has 15 heteroatoms. The van der Waals surface area contributed by atoms with Gasteiger partial charge in [0, 0.05) is 57.5 Å². The zero-order valence-electron chi connectivity index (χ0n) is 26.0. The topological polar surface area (TPSA) is 98.3 Å². The molecule has 2 unspecified atom stereocenters. The molecule has 3 saturated heterocycles. The summed E-state index contributed by atoms with van der Waals surface area (Å²) in [6, 6.07) is 13.7. The Morgan fingerprint density at radius 1 is 1.02 bits per heavy atom. The molecule has 0 saturated carbocycles. The summed E-state index contributed by atoms with van der Waals surface area (Å²) in [6.07, 6.45) is -3.41. The van der Waals surface area contributed by atoms with Crippen molar-refractivity contribution >= 4 is 39.0 Å². The number of ether oxygens (including phenoxy) is 1. The normalized spacial score (nSPS) is 21.2. The number of aromatic nitrogens is 1. The van der Waals surface area contributed by atoms with Gasteiger partial charge in [0.25, 0.3) is 5.91 Å². The quantitative estimate of drug-likeness (QED) is 0.341. The van der Waals surface area contributed by atoms with E-state index in [9.17, 15) is 26.4 Å². The lowest BCUT2D eigenvalue weighted by atomic mass is 10.0. The average molecular weight is 693 g/mol. The minimum Gasteiger partial charge on any atom is -0.496 e. The molecule has 0 radical (unpaired) electrons. The number of hydrogen-bond acceptors (Lipinski definition) is 8. The summed E-state index contributed by atoms with van der Waals surface area (Å²) in [5.41, 5.74) is 0.892. The van der Waals surface area contributed by atoms with Crippen LogP contribution in [0.15, 0.2) is 59.5 Å². The van der Waals surface area contributed by atoms with Crippen molar-refractivity contribution in [2.24, 2.45) is 5.92 Å². The fraction of sp³-hybridized carbons (Fsp3) is 0.438. The number of nitrogens with zero attached hydrogens (tertiary/aromatic N) is 5. The van der Waals surface area contributed by atoms with Crippen LogP contribution in [0, 0.1) is 5.92 Å². The second kappa shape index (κ2) is 13.2. The van der Waals surface area contributed by atoms with Crippen molar-refractivity contribution in [1.29, 1.82) is 0 Å². The Hall–Kier alpha value is -3.43. The number of piperazine rings is 1. The van der Waals surface area contributed by atoms with Gasteiger partial charge in [0.05, 0.1) is 23.1 Å². The smallest absolute Gasteiger partial charge is 0.416 e. The van der Waals surface area contributed by atoms with Crippen molar-refractivity contribution in [3.8, 4) is 5.75 Å². The maximum absolute atomic E-state index is 13.4. The minimum absolute atomic E-state index is 0.0326. The molecule has 252 valence electrons. The molecule has 0 bridgehead atoms. The third-order valence-electron chi connectivity index (χ3n) is 9.16. The van der Waals surface area contributed by atoms with Crippen LogP contribution < -0.4 is 15.0 Å². The maximum Gasteiger partial charge on any atom is 0.416 e. The lowest BCUT2D eigenvalue weighted by Crippen LogP contribution is -2.49. The van der Waals surface area contributed by atoms with Crippen LogP contribution >= 0.6 is 11.6 Å². The number of methoxy groups -OCH3 is 1. The lowest BCUT2D eigenvalue weighted by molar-refractivity contribution is -0.137. The van der Waals surface area contributed by atoms with Crippen molar-refractivity contribution in [3.63, 3.8) is 0 Å². The molecule has 4 heterocycles. The van der Waals surface area contributed by atoms with Crippen LogP contribution in [-0.4, -0.2) is 99.4 Å². The Kier molecular flexibility index (Phi) is 9.42. The summed E-state index contributed by atoms with van der Waals surface area (Å²) < 4.78 is 73.3. The van der Waals surface area contributed by atoms with Crippen LogP contribution in [0.4, 0.5) is 24.7 Å². The maximum atomic E-state index is 13.4. The number of sulfonamides is 1. The summed E-state index contributed by atoms with van der Waals surface area (Å²) in [7, 11) is -0.243. The largest absolute Gasteiger partial charge is 0.496 e. The summed E-state index contributed by atoms with van der Waals surface area (Å²) >= 11 is 5.83. The van der Waals surface area contributed by atoms with E-state index in [0.717, 1.165) is 43.9 Å². The van der Waals surface area contributed by atoms with E-state index in [1.165, 1.54) is 42.1 Å². The van der Waals surface area contributed by atoms with Crippen LogP contribution in [-0.2, 0) is 22.7 Å². The number of hydrogen-bond donors (Lipinski definition) is 1. The van der Waals surface area contributed by atoms with E-state index in [2.05, 4.69) is 27.1 Å². The number of amides is 1. The molecule has 2 aromatic carbocycles. The Labute approximate surface area is 277 Å². The second-order valence-electron chi connectivity index (χ2n) is 12.2. The number of benzene rings is 2. The van der Waals surface area contributed by atoms with E-state index < -0.39 is 21.8 Å². The molecule has 0 spiro atoms. The standard InChI is InChI=1S/C32H36ClF3N6O4S/c1-39-19-22-9-10-41(27(22)20-39)18-21-3-8-28(46-2)26(15-21)31(43)37-24-4-6-25(7-5-24)47(44,45)42-13-11-40(12-14-42)30-17-23(32(34,35)36)16-29(33)38-30/h3-8,15-17,22,27H,9-14,18-20H2,1-2H3,(H,37,43). The molecule has 2 atom stereocenters. The molecule has 3 aliphatic heterocycles. The fourth-order valence-corrected chi connectivity index (χ4v) is 8.37. The third-order valence-corrected chi connectivity index (χ3v) is 11.3. The molecule has 10 nitrogen and oxygen atoms in total. The van der Waals surface area contributed by atoms with Gasteiger partial charge in [0.1, 0.15) is 16.7 Å². The average Bonchev–Trinajstić information content (AvgIpc) is 3.59. The van der Waals surface area contributed by atoms with E-state index in [1.807, 2.05) is 12.1 Å². The van der Waals surface area contributed by atoms with Crippen molar-refractivity contribution in [2.75, 3.05) is 70.2 Å². The number of anilines is 2. The van der Waals surface area contributed by atoms with E-state index in [0.29, 0.717) is 29.0 Å². The molecule has 1 N–H and O–H groups in total. The van der Waals surface area contributed by atoms with Crippen LogP contribution in [0.2, 0.25) is 5.15 Å². The summed E-state index contributed by atoms with van der Waals surface area (Å²) in [5, 5.41) is 2.56. The summed E-state index contributed by atoms with van der Waals surface area (Å²) in [5.74, 6) is 0.778.